The first kappa shape index (κ1) is 23.5. The fourth-order valence-corrected chi connectivity index (χ4v) is 3.52. The number of para-hydroxylation sites is 1. The molecule has 0 aromatic heterocycles. The summed E-state index contributed by atoms with van der Waals surface area (Å²) >= 11 is 0. The quantitative estimate of drug-likeness (QED) is 0.596. The first-order chi connectivity index (χ1) is 15.5. The predicted octanol–water partition coefficient (Wildman–Crippen LogP) is 3.77. The molecule has 1 aliphatic heterocycles. The number of halogens is 2. The van der Waals surface area contributed by atoms with E-state index in [0.29, 0.717) is 18.7 Å². The zero-order chi connectivity index (χ0) is 22.9. The Balaban J connectivity index is 1.61. The van der Waals surface area contributed by atoms with Crippen molar-refractivity contribution in [1.82, 2.24) is 10.2 Å². The number of piperazine rings is 1. The van der Waals surface area contributed by atoms with Crippen LogP contribution >= 0.6 is 0 Å². The molecule has 172 valence electrons. The number of rotatable bonds is 9. The number of ether oxygens (including phenoxy) is 2. The highest BCUT2D eigenvalue weighted by atomic mass is 19.3. The lowest BCUT2D eigenvalue weighted by Crippen LogP contribution is -2.45. The van der Waals surface area contributed by atoms with Gasteiger partial charge in [0, 0.05) is 44.5 Å². The Hall–Kier alpha value is -3.13. The molecule has 1 saturated heterocycles. The molecule has 1 amide bonds. The average molecular weight is 446 g/mol. The lowest BCUT2D eigenvalue weighted by molar-refractivity contribution is -0.116. The fraction of sp³-hybridized carbons (Fsp3) is 0.375. The van der Waals surface area contributed by atoms with Crippen molar-refractivity contribution in [2.75, 3.05) is 44.7 Å². The number of hydrogen-bond donors (Lipinski definition) is 1. The average Bonchev–Trinajstić information content (AvgIpc) is 2.78. The highest BCUT2D eigenvalue weighted by molar-refractivity contribution is 5.91. The number of nitrogens with one attached hydrogen (secondary N) is 1. The van der Waals surface area contributed by atoms with E-state index in [4.69, 9.17) is 4.74 Å². The van der Waals surface area contributed by atoms with E-state index in [9.17, 15) is 13.6 Å². The molecule has 0 aliphatic carbocycles. The molecule has 0 atom stereocenters. The van der Waals surface area contributed by atoms with Crippen LogP contribution in [-0.4, -0.2) is 57.3 Å². The third kappa shape index (κ3) is 6.68. The van der Waals surface area contributed by atoms with Crippen molar-refractivity contribution in [1.29, 1.82) is 0 Å². The molecule has 0 unspecified atom stereocenters. The van der Waals surface area contributed by atoms with E-state index in [1.54, 1.807) is 25.1 Å². The van der Waals surface area contributed by atoms with Crippen molar-refractivity contribution in [2.24, 2.45) is 0 Å². The number of benzene rings is 2. The second-order valence-electron chi connectivity index (χ2n) is 7.49. The van der Waals surface area contributed by atoms with Gasteiger partial charge in [-0.15, -0.1) is 0 Å². The lowest BCUT2D eigenvalue weighted by Gasteiger charge is -2.35. The predicted molar refractivity (Wildman–Crippen MR) is 121 cm³/mol. The Morgan fingerprint density at radius 2 is 1.88 bits per heavy atom. The second kappa shape index (κ2) is 11.5. The van der Waals surface area contributed by atoms with Gasteiger partial charge in [-0.2, -0.15) is 8.78 Å². The molecule has 8 heteroatoms. The van der Waals surface area contributed by atoms with Gasteiger partial charge in [-0.1, -0.05) is 24.3 Å². The van der Waals surface area contributed by atoms with Crippen molar-refractivity contribution in [3.63, 3.8) is 0 Å². The van der Waals surface area contributed by atoms with Crippen molar-refractivity contribution in [3.05, 3.63) is 59.7 Å². The molecule has 0 spiro atoms. The van der Waals surface area contributed by atoms with Crippen molar-refractivity contribution in [2.45, 2.75) is 20.1 Å². The summed E-state index contributed by atoms with van der Waals surface area (Å²) < 4.78 is 34.9. The van der Waals surface area contributed by atoms with Crippen LogP contribution in [0.1, 0.15) is 18.1 Å². The zero-order valence-electron chi connectivity index (χ0n) is 18.4. The molecule has 6 nitrogen and oxygen atoms in total. The molecule has 1 heterocycles. The number of carbonyl (C=O) groups excluding carboxylic acids is 1. The smallest absolute Gasteiger partial charge is 0.387 e. The maximum Gasteiger partial charge on any atom is 0.387 e. The molecule has 32 heavy (non-hydrogen) atoms. The van der Waals surface area contributed by atoms with Gasteiger partial charge < -0.3 is 24.6 Å². The number of nitrogens with zero attached hydrogens (tertiary/aromatic N) is 2. The van der Waals surface area contributed by atoms with Gasteiger partial charge in [0.05, 0.1) is 6.61 Å². The van der Waals surface area contributed by atoms with Crippen LogP contribution in [0.25, 0.3) is 6.08 Å². The second-order valence-corrected chi connectivity index (χ2v) is 7.49. The van der Waals surface area contributed by atoms with Crippen molar-refractivity contribution >= 4 is 17.7 Å². The number of amides is 1. The fourth-order valence-electron chi connectivity index (χ4n) is 3.52. The first-order valence-electron chi connectivity index (χ1n) is 10.6. The van der Waals surface area contributed by atoms with Gasteiger partial charge in [0.25, 0.3) is 0 Å². The molecule has 0 bridgehead atoms. The highest BCUT2D eigenvalue weighted by Crippen LogP contribution is 2.30. The molecule has 2 aromatic rings. The van der Waals surface area contributed by atoms with Crippen LogP contribution in [0.4, 0.5) is 14.5 Å². The number of hydrogen-bond acceptors (Lipinski definition) is 5. The number of carbonyl (C=O) groups is 1. The van der Waals surface area contributed by atoms with E-state index in [1.807, 2.05) is 18.2 Å². The van der Waals surface area contributed by atoms with Crippen LogP contribution in [-0.2, 0) is 11.3 Å². The Kier molecular flexibility index (Phi) is 8.44. The lowest BCUT2D eigenvalue weighted by atomic mass is 10.1. The van der Waals surface area contributed by atoms with Crippen LogP contribution in [0.3, 0.4) is 0 Å². The third-order valence-electron chi connectivity index (χ3n) is 5.20. The molecule has 0 radical (unpaired) electrons. The summed E-state index contributed by atoms with van der Waals surface area (Å²) in [7, 11) is 2.12. The van der Waals surface area contributed by atoms with Gasteiger partial charge in [0.15, 0.2) is 11.5 Å². The van der Waals surface area contributed by atoms with Crippen LogP contribution in [0.5, 0.6) is 11.5 Å². The van der Waals surface area contributed by atoms with Crippen molar-refractivity contribution < 1.29 is 23.0 Å². The van der Waals surface area contributed by atoms with Gasteiger partial charge in [-0.25, -0.2) is 0 Å². The maximum absolute atomic E-state index is 12.5. The van der Waals surface area contributed by atoms with E-state index >= 15 is 0 Å². The van der Waals surface area contributed by atoms with Gasteiger partial charge in [-0.3, -0.25) is 4.79 Å². The summed E-state index contributed by atoms with van der Waals surface area (Å²) in [5, 5.41) is 2.92. The highest BCUT2D eigenvalue weighted by Gasteiger charge is 2.17. The van der Waals surface area contributed by atoms with E-state index in [2.05, 4.69) is 33.0 Å². The van der Waals surface area contributed by atoms with Gasteiger partial charge in [0.1, 0.15) is 0 Å². The van der Waals surface area contributed by atoms with E-state index in [-0.39, 0.29) is 17.4 Å². The SMILES string of the molecule is CCOc1cc(/C=C\C(=O)NCc2ccccc2N2CCN(C)CC2)ccc1OC(F)F. The van der Waals surface area contributed by atoms with Crippen LogP contribution in [0, 0.1) is 0 Å². The van der Waals surface area contributed by atoms with Crippen LogP contribution < -0.4 is 19.7 Å². The Morgan fingerprint density at radius 1 is 1.12 bits per heavy atom. The monoisotopic (exact) mass is 445 g/mol. The summed E-state index contributed by atoms with van der Waals surface area (Å²) in [4.78, 5) is 17.0. The van der Waals surface area contributed by atoms with E-state index in [0.717, 1.165) is 37.4 Å². The minimum Gasteiger partial charge on any atom is -0.490 e. The Morgan fingerprint density at radius 3 is 2.59 bits per heavy atom. The maximum atomic E-state index is 12.5. The van der Waals surface area contributed by atoms with Gasteiger partial charge in [-0.05, 0) is 49.4 Å². The third-order valence-corrected chi connectivity index (χ3v) is 5.20. The van der Waals surface area contributed by atoms with Gasteiger partial charge in [0.2, 0.25) is 5.91 Å². The molecule has 1 fully saturated rings. The summed E-state index contributed by atoms with van der Waals surface area (Å²) in [5.74, 6) is -0.0792. The molecule has 2 aromatic carbocycles. The van der Waals surface area contributed by atoms with Crippen LogP contribution in [0.15, 0.2) is 48.5 Å². The standard InChI is InChI=1S/C24H29F2N3O3/c1-3-31-22-16-18(8-10-21(22)32-24(25)26)9-11-23(30)27-17-19-6-4-5-7-20(19)29-14-12-28(2)13-15-29/h4-11,16,24H,3,12-15,17H2,1-2H3,(H,27,30)/b11-9-. The molecule has 3 rings (SSSR count). The topological polar surface area (TPSA) is 54.0 Å². The first-order valence-corrected chi connectivity index (χ1v) is 10.6. The normalized spacial score (nSPS) is 14.7. The van der Waals surface area contributed by atoms with Crippen molar-refractivity contribution in [3.8, 4) is 11.5 Å². The molecule has 1 N–H and O–H groups in total. The zero-order valence-corrected chi connectivity index (χ0v) is 18.4. The molecular formula is C24H29F2N3O3. The number of alkyl halides is 2. The summed E-state index contributed by atoms with van der Waals surface area (Å²) in [6.45, 7) is 3.46. The largest absolute Gasteiger partial charge is 0.490 e. The van der Waals surface area contributed by atoms with E-state index in [1.165, 1.54) is 12.1 Å². The molecular weight excluding hydrogens is 416 g/mol. The summed E-state index contributed by atoms with van der Waals surface area (Å²) in [6, 6.07) is 12.6. The minimum absolute atomic E-state index is 0.0380. The Labute approximate surface area is 187 Å². The summed E-state index contributed by atoms with van der Waals surface area (Å²) in [5.41, 5.74) is 2.84. The van der Waals surface area contributed by atoms with E-state index < -0.39 is 6.61 Å². The number of likely N-dealkylation sites (N-methyl/N-ethyl adjacent to an activating group) is 1. The minimum atomic E-state index is -2.94. The van der Waals surface area contributed by atoms with Gasteiger partial charge >= 0.3 is 6.61 Å². The molecule has 1 aliphatic rings. The summed E-state index contributed by atoms with van der Waals surface area (Å²) in [6.07, 6.45) is 3.02. The number of anilines is 1. The Bertz CT molecular complexity index is 928. The van der Waals surface area contributed by atoms with Crippen LogP contribution in [0.2, 0.25) is 0 Å². The molecule has 0 saturated carbocycles.